The van der Waals surface area contributed by atoms with Crippen LogP contribution in [0, 0.1) is 25.5 Å². The number of carbonyl (C=O) groups is 1. The van der Waals surface area contributed by atoms with Crippen molar-refractivity contribution < 1.29 is 26.7 Å². The first-order valence-electron chi connectivity index (χ1n) is 10.6. The molecular formula is C23H24F2N4O4S. The van der Waals surface area contributed by atoms with Gasteiger partial charge in [0.15, 0.2) is 0 Å². The van der Waals surface area contributed by atoms with Crippen molar-refractivity contribution in [2.75, 3.05) is 31.6 Å². The maximum Gasteiger partial charge on any atom is 0.246 e. The molecule has 0 bridgehead atoms. The summed E-state index contributed by atoms with van der Waals surface area (Å²) in [5, 5.41) is 7.09. The minimum Gasteiger partial charge on any atom is -0.379 e. The number of morpholine rings is 1. The van der Waals surface area contributed by atoms with Gasteiger partial charge in [0.1, 0.15) is 16.5 Å². The number of benzene rings is 2. The summed E-state index contributed by atoms with van der Waals surface area (Å²) in [6.07, 6.45) is -0.0260. The third-order valence-electron chi connectivity index (χ3n) is 5.65. The molecule has 1 fully saturated rings. The van der Waals surface area contributed by atoms with Gasteiger partial charge in [0, 0.05) is 30.0 Å². The van der Waals surface area contributed by atoms with E-state index in [1.54, 1.807) is 30.7 Å². The molecule has 180 valence electrons. The van der Waals surface area contributed by atoms with Crippen LogP contribution in [-0.2, 0) is 26.0 Å². The quantitative estimate of drug-likeness (QED) is 0.574. The van der Waals surface area contributed by atoms with E-state index in [9.17, 15) is 22.0 Å². The summed E-state index contributed by atoms with van der Waals surface area (Å²) in [5.74, 6) is -1.66. The number of nitrogens with one attached hydrogen (secondary N) is 1. The molecule has 1 aromatic heterocycles. The fourth-order valence-corrected chi connectivity index (χ4v) is 5.33. The Morgan fingerprint density at radius 3 is 2.44 bits per heavy atom. The van der Waals surface area contributed by atoms with E-state index in [-0.39, 0.29) is 44.2 Å². The van der Waals surface area contributed by atoms with Crippen LogP contribution in [0.2, 0.25) is 0 Å². The van der Waals surface area contributed by atoms with Gasteiger partial charge < -0.3 is 10.1 Å². The zero-order chi connectivity index (χ0) is 24.5. The van der Waals surface area contributed by atoms with E-state index in [2.05, 4.69) is 10.4 Å². The molecule has 0 aliphatic carbocycles. The molecule has 0 spiro atoms. The molecule has 4 rings (SSSR count). The molecule has 0 saturated carbocycles. The number of ether oxygens (including phenoxy) is 1. The molecule has 2 aromatic carbocycles. The van der Waals surface area contributed by atoms with Gasteiger partial charge in [-0.1, -0.05) is 0 Å². The maximum absolute atomic E-state index is 14.4. The molecule has 8 nitrogen and oxygen atoms in total. The number of hydrogen-bond acceptors (Lipinski definition) is 5. The molecule has 34 heavy (non-hydrogen) atoms. The van der Waals surface area contributed by atoms with Gasteiger partial charge in [0.25, 0.3) is 0 Å². The fraction of sp³-hybridized carbons (Fsp3) is 0.304. The molecule has 0 unspecified atom stereocenters. The summed E-state index contributed by atoms with van der Waals surface area (Å²) >= 11 is 0. The van der Waals surface area contributed by atoms with Gasteiger partial charge in [-0.05, 0) is 56.3 Å². The Balaban J connectivity index is 1.53. The standard InChI is InChI=1S/C23H24F2N4O4S/c1-15-20(16(2)29(27-15)19-6-3-17(24)4-7-19)14-23(30)26-18-5-8-21(25)22(13-18)34(31,32)28-9-11-33-12-10-28/h3-8,13H,9-12,14H2,1-2H3,(H,26,30). The summed E-state index contributed by atoms with van der Waals surface area (Å²) in [4.78, 5) is 12.3. The number of rotatable bonds is 6. The van der Waals surface area contributed by atoms with Crippen molar-refractivity contribution in [3.8, 4) is 5.69 Å². The van der Waals surface area contributed by atoms with Crippen molar-refractivity contribution in [1.82, 2.24) is 14.1 Å². The van der Waals surface area contributed by atoms with Crippen LogP contribution in [0.25, 0.3) is 5.69 Å². The number of carbonyl (C=O) groups excluding carboxylic acids is 1. The highest BCUT2D eigenvalue weighted by Crippen LogP contribution is 2.25. The van der Waals surface area contributed by atoms with Crippen LogP contribution in [0.15, 0.2) is 47.4 Å². The first-order valence-corrected chi connectivity index (χ1v) is 12.1. The van der Waals surface area contributed by atoms with Crippen LogP contribution < -0.4 is 5.32 Å². The lowest BCUT2D eigenvalue weighted by atomic mass is 10.1. The van der Waals surface area contributed by atoms with Gasteiger partial charge in [-0.3, -0.25) is 4.79 Å². The smallest absolute Gasteiger partial charge is 0.246 e. The van der Waals surface area contributed by atoms with Gasteiger partial charge in [0.2, 0.25) is 15.9 Å². The van der Waals surface area contributed by atoms with Crippen molar-refractivity contribution in [3.05, 3.63) is 71.1 Å². The second-order valence-electron chi connectivity index (χ2n) is 7.92. The van der Waals surface area contributed by atoms with E-state index in [1.807, 2.05) is 0 Å². The fourth-order valence-electron chi connectivity index (χ4n) is 3.84. The van der Waals surface area contributed by atoms with Crippen molar-refractivity contribution in [2.45, 2.75) is 25.2 Å². The maximum atomic E-state index is 14.4. The summed E-state index contributed by atoms with van der Waals surface area (Å²) < 4.78 is 61.4. The topological polar surface area (TPSA) is 93.5 Å². The van der Waals surface area contributed by atoms with Crippen LogP contribution in [0.1, 0.15) is 17.0 Å². The van der Waals surface area contributed by atoms with Crippen molar-refractivity contribution in [3.63, 3.8) is 0 Å². The minimum absolute atomic E-state index is 0.0260. The lowest BCUT2D eigenvalue weighted by Crippen LogP contribution is -2.40. The Morgan fingerprint density at radius 2 is 1.76 bits per heavy atom. The Hall–Kier alpha value is -3.15. The number of nitrogens with zero attached hydrogens (tertiary/aromatic N) is 3. The van der Waals surface area contributed by atoms with Crippen LogP contribution in [0.4, 0.5) is 14.5 Å². The zero-order valence-electron chi connectivity index (χ0n) is 18.7. The third-order valence-corrected chi connectivity index (χ3v) is 7.57. The summed E-state index contributed by atoms with van der Waals surface area (Å²) in [7, 11) is -4.07. The first-order chi connectivity index (χ1) is 16.2. The minimum atomic E-state index is -4.07. The molecule has 11 heteroatoms. The van der Waals surface area contributed by atoms with E-state index >= 15 is 0 Å². The SMILES string of the molecule is Cc1nn(-c2ccc(F)cc2)c(C)c1CC(=O)Nc1ccc(F)c(S(=O)(=O)N2CCOCC2)c1. The van der Waals surface area contributed by atoms with Crippen LogP contribution in [0.5, 0.6) is 0 Å². The molecule has 3 aromatic rings. The highest BCUT2D eigenvalue weighted by Gasteiger charge is 2.29. The molecule has 1 aliphatic rings. The van der Waals surface area contributed by atoms with Gasteiger partial charge >= 0.3 is 0 Å². The molecule has 0 atom stereocenters. The zero-order valence-corrected chi connectivity index (χ0v) is 19.5. The van der Waals surface area contributed by atoms with E-state index in [0.717, 1.165) is 16.4 Å². The molecule has 1 saturated heterocycles. The number of aryl methyl sites for hydroxylation is 1. The third kappa shape index (κ3) is 4.86. The van der Waals surface area contributed by atoms with E-state index in [1.165, 1.54) is 18.2 Å². The summed E-state index contributed by atoms with van der Waals surface area (Å²) in [5.41, 5.74) is 2.86. The van der Waals surface area contributed by atoms with Crippen LogP contribution in [-0.4, -0.2) is 54.7 Å². The number of anilines is 1. The van der Waals surface area contributed by atoms with Crippen molar-refractivity contribution in [1.29, 1.82) is 0 Å². The van der Waals surface area contributed by atoms with Crippen LogP contribution >= 0.6 is 0 Å². The Kier molecular flexibility index (Phi) is 6.78. The molecule has 1 aliphatic heterocycles. The average Bonchev–Trinajstić information content (AvgIpc) is 3.09. The Labute approximate surface area is 196 Å². The normalized spacial score (nSPS) is 14.8. The largest absolute Gasteiger partial charge is 0.379 e. The number of sulfonamides is 1. The first kappa shape index (κ1) is 24.0. The molecule has 0 radical (unpaired) electrons. The van der Waals surface area contributed by atoms with Gasteiger partial charge in [-0.15, -0.1) is 0 Å². The highest BCUT2D eigenvalue weighted by molar-refractivity contribution is 7.89. The summed E-state index contributed by atoms with van der Waals surface area (Å²) in [6.45, 7) is 4.31. The number of halogens is 2. The van der Waals surface area contributed by atoms with Gasteiger partial charge in [0.05, 0.1) is 31.0 Å². The molecule has 1 amide bonds. The van der Waals surface area contributed by atoms with E-state index in [4.69, 9.17) is 4.74 Å². The number of aromatic nitrogens is 2. The Morgan fingerprint density at radius 1 is 1.09 bits per heavy atom. The highest BCUT2D eigenvalue weighted by atomic mass is 32.2. The van der Waals surface area contributed by atoms with Crippen LogP contribution in [0.3, 0.4) is 0 Å². The van der Waals surface area contributed by atoms with Gasteiger partial charge in [-0.2, -0.15) is 9.40 Å². The second-order valence-corrected chi connectivity index (χ2v) is 9.83. The average molecular weight is 491 g/mol. The van der Waals surface area contributed by atoms with E-state index in [0.29, 0.717) is 22.6 Å². The molecule has 1 N–H and O–H groups in total. The van der Waals surface area contributed by atoms with Crippen molar-refractivity contribution >= 4 is 21.6 Å². The van der Waals surface area contributed by atoms with Crippen molar-refractivity contribution in [2.24, 2.45) is 0 Å². The summed E-state index contributed by atoms with van der Waals surface area (Å²) in [6, 6.07) is 9.30. The predicted octanol–water partition coefficient (Wildman–Crippen LogP) is 2.97. The Bertz CT molecular complexity index is 1320. The monoisotopic (exact) mass is 490 g/mol. The number of hydrogen-bond donors (Lipinski definition) is 1. The molecular weight excluding hydrogens is 466 g/mol. The number of amides is 1. The molecule has 2 heterocycles. The second kappa shape index (κ2) is 9.61. The lowest BCUT2D eigenvalue weighted by molar-refractivity contribution is -0.115. The lowest BCUT2D eigenvalue weighted by Gasteiger charge is -2.26. The predicted molar refractivity (Wildman–Crippen MR) is 121 cm³/mol. The van der Waals surface area contributed by atoms with E-state index < -0.39 is 26.6 Å². The van der Waals surface area contributed by atoms with Gasteiger partial charge in [-0.25, -0.2) is 21.9 Å².